The van der Waals surface area contributed by atoms with E-state index in [9.17, 15) is 18.0 Å². The molecule has 0 aliphatic rings. The Morgan fingerprint density at radius 2 is 2.09 bits per heavy atom. The molecule has 0 radical (unpaired) electrons. The van der Waals surface area contributed by atoms with Crippen LogP contribution in [0.1, 0.15) is 11.1 Å². The van der Waals surface area contributed by atoms with Crippen LogP contribution in [0, 0.1) is 0 Å². The summed E-state index contributed by atoms with van der Waals surface area (Å²) in [6, 6.07) is 9.76. The first-order valence-corrected chi connectivity index (χ1v) is 10.9. The number of thioether (sulfide) groups is 1. The molecule has 9 nitrogen and oxygen atoms in total. The van der Waals surface area contributed by atoms with Gasteiger partial charge in [-0.05, 0) is 36.4 Å². The van der Waals surface area contributed by atoms with E-state index < -0.39 is 17.6 Å². The Labute approximate surface area is 198 Å². The number of methoxy groups -OCH3 is 1. The topological polar surface area (TPSA) is 119 Å². The van der Waals surface area contributed by atoms with Crippen LogP contribution in [0.2, 0.25) is 0 Å². The average molecular weight is 544 g/mol. The predicted molar refractivity (Wildman–Crippen MR) is 123 cm³/mol. The van der Waals surface area contributed by atoms with Crippen LogP contribution in [0.4, 0.5) is 24.8 Å². The Balaban J connectivity index is 1.57. The van der Waals surface area contributed by atoms with Gasteiger partial charge in [0.05, 0.1) is 24.6 Å². The predicted octanol–water partition coefficient (Wildman–Crippen LogP) is 3.96. The molecule has 0 saturated carbocycles. The van der Waals surface area contributed by atoms with Crippen molar-refractivity contribution in [2.24, 2.45) is 5.10 Å². The third kappa shape index (κ3) is 6.61. The van der Waals surface area contributed by atoms with Gasteiger partial charge in [0.25, 0.3) is 5.95 Å². The molecule has 3 rings (SSSR count). The highest BCUT2D eigenvalue weighted by molar-refractivity contribution is 9.10. The molecule has 0 fully saturated rings. The van der Waals surface area contributed by atoms with Crippen LogP contribution < -0.4 is 21.3 Å². The van der Waals surface area contributed by atoms with Gasteiger partial charge in [-0.3, -0.25) is 4.79 Å². The van der Waals surface area contributed by atoms with Crippen LogP contribution in [0.5, 0.6) is 5.75 Å². The van der Waals surface area contributed by atoms with Crippen molar-refractivity contribution >= 4 is 51.4 Å². The Morgan fingerprint density at radius 1 is 1.30 bits per heavy atom. The number of carbonyl (C=O) groups excluding carboxylic acids is 1. The summed E-state index contributed by atoms with van der Waals surface area (Å²) in [5.41, 5.74) is 2.52. The van der Waals surface area contributed by atoms with Crippen LogP contribution in [0.15, 0.2) is 57.2 Å². The Hall–Kier alpha value is -3.26. The lowest BCUT2D eigenvalue weighted by molar-refractivity contribution is -0.137. The van der Waals surface area contributed by atoms with E-state index in [1.165, 1.54) is 25.5 Å². The summed E-state index contributed by atoms with van der Waals surface area (Å²) in [7, 11) is 1.54. The Kier molecular flexibility index (Phi) is 7.81. The lowest BCUT2D eigenvalue weighted by Crippen LogP contribution is -2.17. The van der Waals surface area contributed by atoms with Crippen LogP contribution >= 0.6 is 27.7 Å². The van der Waals surface area contributed by atoms with E-state index in [0.717, 1.165) is 33.0 Å². The smallest absolute Gasteiger partial charge is 0.416 e. The quantitative estimate of drug-likeness (QED) is 0.170. The average Bonchev–Trinajstić information content (AvgIpc) is 3.11. The van der Waals surface area contributed by atoms with E-state index in [2.05, 4.69) is 42.0 Å². The van der Waals surface area contributed by atoms with Crippen molar-refractivity contribution in [1.82, 2.24) is 14.9 Å². The van der Waals surface area contributed by atoms with Crippen LogP contribution in [0.3, 0.4) is 0 Å². The van der Waals surface area contributed by atoms with E-state index in [4.69, 9.17) is 10.6 Å². The minimum Gasteiger partial charge on any atom is -0.496 e. The number of nitrogens with zero attached hydrogens (tertiary/aromatic N) is 4. The van der Waals surface area contributed by atoms with Gasteiger partial charge in [-0.15, -0.1) is 10.2 Å². The molecule has 4 N–H and O–H groups in total. The highest BCUT2D eigenvalue weighted by Crippen LogP contribution is 2.30. The normalized spacial score (nSPS) is 11.5. The van der Waals surface area contributed by atoms with Gasteiger partial charge in [-0.2, -0.15) is 18.3 Å². The first-order valence-electron chi connectivity index (χ1n) is 9.10. The summed E-state index contributed by atoms with van der Waals surface area (Å²) < 4.78 is 45.6. The van der Waals surface area contributed by atoms with E-state index in [1.54, 1.807) is 6.07 Å². The number of halogens is 4. The van der Waals surface area contributed by atoms with Gasteiger partial charge in [0, 0.05) is 15.7 Å². The van der Waals surface area contributed by atoms with Gasteiger partial charge >= 0.3 is 6.18 Å². The number of anilines is 2. The summed E-state index contributed by atoms with van der Waals surface area (Å²) in [5.74, 6) is 5.96. The minimum absolute atomic E-state index is 0.0318. The maximum Gasteiger partial charge on any atom is 0.416 e. The summed E-state index contributed by atoms with van der Waals surface area (Å²) >= 11 is 4.32. The minimum atomic E-state index is -4.50. The van der Waals surface area contributed by atoms with E-state index in [0.29, 0.717) is 11.3 Å². The van der Waals surface area contributed by atoms with Gasteiger partial charge in [0.15, 0.2) is 0 Å². The van der Waals surface area contributed by atoms with E-state index in [-0.39, 0.29) is 22.5 Å². The fraction of sp³-hybridized carbons (Fsp3) is 0.158. The largest absolute Gasteiger partial charge is 0.496 e. The van der Waals surface area contributed by atoms with E-state index >= 15 is 0 Å². The Morgan fingerprint density at radius 3 is 2.82 bits per heavy atom. The molecular formula is C19H17BrF3N7O2S. The van der Waals surface area contributed by atoms with Gasteiger partial charge < -0.3 is 15.9 Å². The molecule has 0 aliphatic carbocycles. The van der Waals surface area contributed by atoms with Crippen molar-refractivity contribution < 1.29 is 22.7 Å². The number of hydrogen-bond donors (Lipinski definition) is 3. The maximum atomic E-state index is 12.8. The van der Waals surface area contributed by atoms with Crippen molar-refractivity contribution in [3.05, 3.63) is 58.1 Å². The van der Waals surface area contributed by atoms with Crippen molar-refractivity contribution in [3.8, 4) is 5.75 Å². The standard InChI is InChI=1S/C19H17BrF3N7O2S/c1-32-15-6-5-13(20)7-11(15)9-25-27-17-28-29-18(30(17)24)33-10-16(31)26-14-4-2-3-12(8-14)19(21,22)23/h2-9H,10,24H2,1H3,(H,26,31)(H,27,28)/b25-9+. The fourth-order valence-corrected chi connectivity index (χ4v) is 3.55. The number of nitrogens with one attached hydrogen (secondary N) is 2. The molecule has 33 heavy (non-hydrogen) atoms. The van der Waals surface area contributed by atoms with Gasteiger partial charge in [0.2, 0.25) is 11.1 Å². The van der Waals surface area contributed by atoms with Crippen LogP contribution in [-0.2, 0) is 11.0 Å². The fourth-order valence-electron chi connectivity index (χ4n) is 2.52. The number of alkyl halides is 3. The molecule has 14 heteroatoms. The number of ether oxygens (including phenoxy) is 1. The first kappa shape index (κ1) is 24.4. The molecule has 0 spiro atoms. The second-order valence-electron chi connectivity index (χ2n) is 6.35. The highest BCUT2D eigenvalue weighted by atomic mass is 79.9. The molecule has 0 saturated heterocycles. The molecule has 0 atom stereocenters. The highest BCUT2D eigenvalue weighted by Gasteiger charge is 2.30. The van der Waals surface area contributed by atoms with Gasteiger partial charge in [-0.1, -0.05) is 33.8 Å². The number of carbonyl (C=O) groups is 1. The van der Waals surface area contributed by atoms with Gasteiger partial charge in [-0.25, -0.2) is 10.1 Å². The number of amides is 1. The number of nitrogen functional groups attached to an aromatic ring is 1. The molecule has 174 valence electrons. The molecule has 1 heterocycles. The van der Waals surface area contributed by atoms with Crippen molar-refractivity contribution in [2.75, 3.05) is 29.4 Å². The molecule has 0 bridgehead atoms. The number of benzene rings is 2. The third-order valence-electron chi connectivity index (χ3n) is 4.03. The zero-order valence-electron chi connectivity index (χ0n) is 16.9. The van der Waals surface area contributed by atoms with Crippen molar-refractivity contribution in [1.29, 1.82) is 0 Å². The van der Waals surface area contributed by atoms with Crippen LogP contribution in [0.25, 0.3) is 0 Å². The lowest BCUT2D eigenvalue weighted by Gasteiger charge is -2.09. The van der Waals surface area contributed by atoms with E-state index in [1.807, 2.05) is 12.1 Å². The zero-order chi connectivity index (χ0) is 24.0. The maximum absolute atomic E-state index is 12.8. The van der Waals surface area contributed by atoms with Crippen LogP contribution in [-0.4, -0.2) is 39.9 Å². The molecular weight excluding hydrogens is 527 g/mol. The second kappa shape index (κ2) is 10.6. The van der Waals surface area contributed by atoms with Crippen molar-refractivity contribution in [2.45, 2.75) is 11.3 Å². The molecule has 2 aromatic carbocycles. The zero-order valence-corrected chi connectivity index (χ0v) is 19.3. The van der Waals surface area contributed by atoms with Gasteiger partial charge in [0.1, 0.15) is 5.75 Å². The SMILES string of the molecule is COc1ccc(Br)cc1/C=N/Nc1nnc(SCC(=O)Nc2cccc(C(F)(F)F)c2)n1N. The third-order valence-corrected chi connectivity index (χ3v) is 5.47. The number of aromatic nitrogens is 3. The number of hydrogen-bond acceptors (Lipinski definition) is 8. The van der Waals surface area contributed by atoms with Crippen molar-refractivity contribution in [3.63, 3.8) is 0 Å². The molecule has 0 aliphatic heterocycles. The number of nitrogens with two attached hydrogens (primary N) is 1. The summed E-state index contributed by atoms with van der Waals surface area (Å²) in [4.78, 5) is 12.1. The number of rotatable bonds is 8. The summed E-state index contributed by atoms with van der Waals surface area (Å²) in [6.45, 7) is 0. The first-order chi connectivity index (χ1) is 15.7. The number of hydrazone groups is 1. The molecule has 1 aromatic heterocycles. The lowest BCUT2D eigenvalue weighted by atomic mass is 10.2. The molecule has 1 amide bonds. The summed E-state index contributed by atoms with van der Waals surface area (Å²) in [5, 5.41) is 14.4. The Bertz CT molecular complexity index is 1170. The second-order valence-corrected chi connectivity index (χ2v) is 8.21. The molecule has 3 aromatic rings. The monoisotopic (exact) mass is 543 g/mol. The summed E-state index contributed by atoms with van der Waals surface area (Å²) in [6.07, 6.45) is -2.99. The molecule has 0 unspecified atom stereocenters.